The lowest BCUT2D eigenvalue weighted by atomic mass is 10.2. The highest BCUT2D eigenvalue weighted by atomic mass is 19.1. The van der Waals surface area contributed by atoms with Gasteiger partial charge in [0, 0.05) is 19.2 Å². The van der Waals surface area contributed by atoms with Gasteiger partial charge in [-0.15, -0.1) is 0 Å². The first-order valence-electron chi connectivity index (χ1n) is 8.24. The summed E-state index contributed by atoms with van der Waals surface area (Å²) >= 11 is 0. The summed E-state index contributed by atoms with van der Waals surface area (Å²) in [5.74, 6) is 0.888. The molecule has 0 spiro atoms. The molecule has 0 radical (unpaired) electrons. The Bertz CT molecular complexity index is 659. The smallest absolute Gasteiger partial charge is 0.315 e. The van der Waals surface area contributed by atoms with Gasteiger partial charge in [0.05, 0.1) is 0 Å². The molecule has 0 aliphatic rings. The Hall–Kier alpha value is -2.60. The molecule has 6 heteroatoms. The van der Waals surface area contributed by atoms with Gasteiger partial charge in [-0.1, -0.05) is 12.1 Å². The molecule has 2 aromatic rings. The molecule has 0 heterocycles. The molecule has 0 bridgehead atoms. The quantitative estimate of drug-likeness (QED) is 0.684. The van der Waals surface area contributed by atoms with Crippen LogP contribution in [-0.2, 0) is 6.54 Å². The molecule has 1 atom stereocenters. The molecule has 0 aromatic heterocycles. The fourth-order valence-electron chi connectivity index (χ4n) is 2.24. The van der Waals surface area contributed by atoms with E-state index in [2.05, 4.69) is 10.6 Å². The lowest BCUT2D eigenvalue weighted by molar-refractivity contribution is 0.234. The highest BCUT2D eigenvalue weighted by Gasteiger charge is 2.06. The largest absolute Gasteiger partial charge is 0.457 e. The molecule has 1 unspecified atom stereocenters. The van der Waals surface area contributed by atoms with Gasteiger partial charge in [0.25, 0.3) is 0 Å². The number of aliphatic hydroxyl groups excluding tert-OH is 1. The molecule has 0 saturated carbocycles. The summed E-state index contributed by atoms with van der Waals surface area (Å²) in [4.78, 5) is 11.8. The van der Waals surface area contributed by atoms with Gasteiger partial charge in [0.15, 0.2) is 0 Å². The van der Waals surface area contributed by atoms with Crippen molar-refractivity contribution >= 4 is 6.03 Å². The summed E-state index contributed by atoms with van der Waals surface area (Å²) in [6, 6.07) is 12.9. The Kier molecular flexibility index (Phi) is 7.22. The predicted octanol–water partition coefficient (Wildman–Crippen LogP) is 3.58. The molecule has 2 rings (SSSR count). The van der Waals surface area contributed by atoms with Crippen LogP contribution in [0.1, 0.15) is 25.3 Å². The highest BCUT2D eigenvalue weighted by Crippen LogP contribution is 2.21. The van der Waals surface area contributed by atoms with E-state index in [9.17, 15) is 9.18 Å². The minimum atomic E-state index is -0.308. The van der Waals surface area contributed by atoms with Gasteiger partial charge < -0.3 is 20.5 Å². The Balaban J connectivity index is 1.78. The second-order valence-corrected chi connectivity index (χ2v) is 5.79. The SMILES string of the molecule is CC(CCCO)NC(=O)NCc1ccc(Oc2ccc(F)cc2)cc1. The standard InChI is InChI=1S/C19H23FN2O3/c1-14(3-2-12-23)22-19(24)21-13-15-4-8-17(9-5-15)25-18-10-6-16(20)7-11-18/h4-11,14,23H,2-3,12-13H2,1H3,(H2,21,22,24). The van der Waals surface area contributed by atoms with Crippen molar-refractivity contribution in [2.45, 2.75) is 32.4 Å². The van der Waals surface area contributed by atoms with E-state index < -0.39 is 0 Å². The Labute approximate surface area is 146 Å². The number of hydrogen-bond donors (Lipinski definition) is 3. The Morgan fingerprint density at radius 1 is 1.12 bits per heavy atom. The van der Waals surface area contributed by atoms with Crippen LogP contribution in [0.25, 0.3) is 0 Å². The number of hydrogen-bond acceptors (Lipinski definition) is 3. The van der Waals surface area contributed by atoms with Crippen molar-refractivity contribution < 1.29 is 19.0 Å². The van der Waals surface area contributed by atoms with Gasteiger partial charge >= 0.3 is 6.03 Å². The molecule has 2 amide bonds. The Morgan fingerprint density at radius 3 is 2.32 bits per heavy atom. The van der Waals surface area contributed by atoms with Crippen LogP contribution >= 0.6 is 0 Å². The van der Waals surface area contributed by atoms with Crippen molar-refractivity contribution in [3.05, 3.63) is 59.9 Å². The topological polar surface area (TPSA) is 70.6 Å². The number of benzene rings is 2. The van der Waals surface area contributed by atoms with E-state index in [-0.39, 0.29) is 24.5 Å². The monoisotopic (exact) mass is 346 g/mol. The number of nitrogens with one attached hydrogen (secondary N) is 2. The summed E-state index contributed by atoms with van der Waals surface area (Å²) in [7, 11) is 0. The molecule has 0 fully saturated rings. The number of carbonyl (C=O) groups is 1. The zero-order chi connectivity index (χ0) is 18.1. The van der Waals surface area contributed by atoms with Crippen molar-refractivity contribution in [3.63, 3.8) is 0 Å². The first-order chi connectivity index (χ1) is 12.1. The third-order valence-corrected chi connectivity index (χ3v) is 3.60. The van der Waals surface area contributed by atoms with E-state index >= 15 is 0 Å². The van der Waals surface area contributed by atoms with Crippen LogP contribution in [0.15, 0.2) is 48.5 Å². The minimum absolute atomic E-state index is 0.0126. The molecular formula is C19H23FN2O3. The van der Waals surface area contributed by atoms with Crippen molar-refractivity contribution in [2.75, 3.05) is 6.61 Å². The number of rotatable bonds is 8. The van der Waals surface area contributed by atoms with E-state index in [4.69, 9.17) is 9.84 Å². The molecular weight excluding hydrogens is 323 g/mol. The van der Waals surface area contributed by atoms with Crippen molar-refractivity contribution in [2.24, 2.45) is 0 Å². The number of urea groups is 1. The maximum Gasteiger partial charge on any atom is 0.315 e. The molecule has 0 aliphatic heterocycles. The molecule has 0 aliphatic carbocycles. The second kappa shape index (κ2) is 9.64. The van der Waals surface area contributed by atoms with Crippen LogP contribution in [0.5, 0.6) is 11.5 Å². The molecule has 5 nitrogen and oxygen atoms in total. The van der Waals surface area contributed by atoms with Crippen molar-refractivity contribution in [3.8, 4) is 11.5 Å². The average Bonchev–Trinajstić information content (AvgIpc) is 2.61. The molecule has 3 N–H and O–H groups in total. The minimum Gasteiger partial charge on any atom is -0.457 e. The lowest BCUT2D eigenvalue weighted by Crippen LogP contribution is -2.40. The zero-order valence-electron chi connectivity index (χ0n) is 14.2. The fourth-order valence-corrected chi connectivity index (χ4v) is 2.24. The highest BCUT2D eigenvalue weighted by molar-refractivity contribution is 5.74. The van der Waals surface area contributed by atoms with E-state index in [1.54, 1.807) is 24.3 Å². The van der Waals surface area contributed by atoms with Gasteiger partial charge in [0.2, 0.25) is 0 Å². The number of ether oxygens (including phenoxy) is 1. The van der Waals surface area contributed by atoms with Gasteiger partial charge in [-0.05, 0) is 61.7 Å². The van der Waals surface area contributed by atoms with Crippen molar-refractivity contribution in [1.82, 2.24) is 10.6 Å². The fraction of sp³-hybridized carbons (Fsp3) is 0.316. The van der Waals surface area contributed by atoms with Crippen LogP contribution in [0.2, 0.25) is 0 Å². The molecule has 0 saturated heterocycles. The van der Waals surface area contributed by atoms with E-state index in [1.165, 1.54) is 12.1 Å². The summed E-state index contributed by atoms with van der Waals surface area (Å²) in [5, 5.41) is 14.4. The summed E-state index contributed by atoms with van der Waals surface area (Å²) in [5.41, 5.74) is 0.935. The normalized spacial score (nSPS) is 11.6. The van der Waals surface area contributed by atoms with Gasteiger partial charge in [-0.25, -0.2) is 9.18 Å². The van der Waals surface area contributed by atoms with Gasteiger partial charge in [-0.3, -0.25) is 0 Å². The zero-order valence-corrected chi connectivity index (χ0v) is 14.2. The van der Waals surface area contributed by atoms with Crippen LogP contribution < -0.4 is 15.4 Å². The second-order valence-electron chi connectivity index (χ2n) is 5.79. The first kappa shape index (κ1) is 18.7. The summed E-state index contributed by atoms with van der Waals surface area (Å²) in [6.45, 7) is 2.42. The Morgan fingerprint density at radius 2 is 1.72 bits per heavy atom. The third kappa shape index (κ3) is 6.81. The van der Waals surface area contributed by atoms with Crippen LogP contribution in [0.4, 0.5) is 9.18 Å². The number of halogens is 1. The van der Waals surface area contributed by atoms with E-state index in [0.29, 0.717) is 24.5 Å². The maximum atomic E-state index is 12.9. The van der Waals surface area contributed by atoms with E-state index in [1.807, 2.05) is 19.1 Å². The number of carbonyl (C=O) groups excluding carboxylic acids is 1. The molecule has 25 heavy (non-hydrogen) atoms. The third-order valence-electron chi connectivity index (χ3n) is 3.60. The van der Waals surface area contributed by atoms with Crippen LogP contribution in [-0.4, -0.2) is 23.8 Å². The number of aliphatic hydroxyl groups is 1. The summed E-state index contributed by atoms with van der Waals surface area (Å²) in [6.07, 6.45) is 1.40. The first-order valence-corrected chi connectivity index (χ1v) is 8.24. The predicted molar refractivity (Wildman–Crippen MR) is 94.1 cm³/mol. The molecule has 2 aromatic carbocycles. The molecule has 134 valence electrons. The van der Waals surface area contributed by atoms with Crippen LogP contribution in [0.3, 0.4) is 0 Å². The van der Waals surface area contributed by atoms with Gasteiger partial charge in [0.1, 0.15) is 17.3 Å². The maximum absolute atomic E-state index is 12.9. The summed E-state index contributed by atoms with van der Waals surface area (Å²) < 4.78 is 18.5. The average molecular weight is 346 g/mol. The lowest BCUT2D eigenvalue weighted by Gasteiger charge is -2.14. The van der Waals surface area contributed by atoms with Gasteiger partial charge in [-0.2, -0.15) is 0 Å². The van der Waals surface area contributed by atoms with E-state index in [0.717, 1.165) is 12.0 Å². The van der Waals surface area contributed by atoms with Crippen molar-refractivity contribution in [1.29, 1.82) is 0 Å². The van der Waals surface area contributed by atoms with Crippen LogP contribution in [0, 0.1) is 5.82 Å². The number of amides is 2.